The number of benzene rings is 4. The fourth-order valence-corrected chi connectivity index (χ4v) is 5.70. The van der Waals surface area contributed by atoms with E-state index in [0.29, 0.717) is 0 Å². The summed E-state index contributed by atoms with van der Waals surface area (Å²) < 4.78 is 15.2. The highest BCUT2D eigenvalue weighted by molar-refractivity contribution is 7.00. The SMILES string of the molecule is Cc1cccc2c3ccc4c5c3n(c12)-c1cccc2c1B5c1c(cccc1O4)O2. The molecule has 3 nitrogen and oxygen atoms in total. The summed E-state index contributed by atoms with van der Waals surface area (Å²) >= 11 is 0. The molecule has 0 aliphatic carbocycles. The fourth-order valence-electron chi connectivity index (χ4n) is 5.70. The predicted molar refractivity (Wildman–Crippen MR) is 117 cm³/mol. The monoisotopic (exact) mass is 371 g/mol. The topological polar surface area (TPSA) is 23.4 Å². The molecule has 5 aromatic rings. The number of nitrogens with zero attached hydrogens (tertiary/aromatic N) is 1. The third kappa shape index (κ3) is 1.46. The first-order valence-electron chi connectivity index (χ1n) is 10.00. The van der Waals surface area contributed by atoms with Crippen molar-refractivity contribution in [3.05, 3.63) is 72.3 Å². The zero-order valence-corrected chi connectivity index (χ0v) is 15.7. The molecule has 0 saturated carbocycles. The molecule has 0 atom stereocenters. The van der Waals surface area contributed by atoms with E-state index in [1.165, 1.54) is 44.0 Å². The second-order valence-corrected chi connectivity index (χ2v) is 8.17. The molecule has 0 amide bonds. The molecule has 1 aromatic heterocycles. The minimum Gasteiger partial charge on any atom is -0.458 e. The summed E-state index contributed by atoms with van der Waals surface area (Å²) in [7, 11) is 0. The number of hydrogen-bond acceptors (Lipinski definition) is 2. The zero-order valence-electron chi connectivity index (χ0n) is 15.7. The summed E-state index contributed by atoms with van der Waals surface area (Å²) in [6, 6.07) is 23.5. The Morgan fingerprint density at radius 3 is 2.10 bits per heavy atom. The standard InChI is InChI=1S/C25H14BNO2/c1-13-5-2-6-14-15-11-12-20-23-25(15)27(24(13)14)16-7-3-8-17-21(16)26(23)22-18(28-17)9-4-10-19(22)29-20/h2-12H,1H3. The minimum absolute atomic E-state index is 0.144. The lowest BCUT2D eigenvalue weighted by Crippen LogP contribution is -2.60. The quantitative estimate of drug-likeness (QED) is 0.374. The second-order valence-electron chi connectivity index (χ2n) is 8.17. The second kappa shape index (κ2) is 4.49. The van der Waals surface area contributed by atoms with Crippen LogP contribution >= 0.6 is 0 Å². The van der Waals surface area contributed by atoms with Gasteiger partial charge in [-0.15, -0.1) is 0 Å². The lowest BCUT2D eigenvalue weighted by atomic mass is 9.33. The number of ether oxygens (including phenoxy) is 2. The molecule has 134 valence electrons. The van der Waals surface area contributed by atoms with Crippen molar-refractivity contribution in [1.29, 1.82) is 0 Å². The van der Waals surface area contributed by atoms with Crippen LogP contribution in [-0.4, -0.2) is 11.3 Å². The Kier molecular flexibility index (Phi) is 2.22. The van der Waals surface area contributed by atoms with Crippen molar-refractivity contribution in [3.8, 4) is 28.7 Å². The average molecular weight is 371 g/mol. The van der Waals surface area contributed by atoms with Gasteiger partial charge in [-0.05, 0) is 59.8 Å². The van der Waals surface area contributed by atoms with E-state index in [9.17, 15) is 0 Å². The highest BCUT2D eigenvalue weighted by Crippen LogP contribution is 2.43. The van der Waals surface area contributed by atoms with Crippen molar-refractivity contribution in [2.24, 2.45) is 0 Å². The summed E-state index contributed by atoms with van der Waals surface area (Å²) in [6.45, 7) is 2.34. The van der Waals surface area contributed by atoms with Gasteiger partial charge in [0.2, 0.25) is 0 Å². The minimum atomic E-state index is 0.144. The number of rotatable bonds is 0. The van der Waals surface area contributed by atoms with Crippen molar-refractivity contribution < 1.29 is 9.47 Å². The summed E-state index contributed by atoms with van der Waals surface area (Å²) in [5.41, 5.74) is 8.70. The van der Waals surface area contributed by atoms with Crippen LogP contribution in [0.15, 0.2) is 66.7 Å². The fraction of sp³-hybridized carbons (Fsp3) is 0.0400. The van der Waals surface area contributed by atoms with E-state index in [1.807, 2.05) is 6.07 Å². The van der Waals surface area contributed by atoms with E-state index in [1.54, 1.807) is 0 Å². The molecular formula is C25H14BNO2. The van der Waals surface area contributed by atoms with Crippen molar-refractivity contribution >= 4 is 44.9 Å². The first-order chi connectivity index (χ1) is 14.3. The molecule has 0 spiro atoms. The number of aromatic nitrogens is 1. The van der Waals surface area contributed by atoms with E-state index in [0.717, 1.165) is 28.5 Å². The normalized spacial score (nSPS) is 14.2. The van der Waals surface area contributed by atoms with Crippen LogP contribution in [-0.2, 0) is 0 Å². The van der Waals surface area contributed by atoms with Crippen LogP contribution in [0.5, 0.6) is 23.0 Å². The molecular weight excluding hydrogens is 357 g/mol. The Hall–Kier alpha value is -3.66. The number of fused-ring (bicyclic) bond motifs is 4. The first kappa shape index (κ1) is 14.4. The van der Waals surface area contributed by atoms with Gasteiger partial charge < -0.3 is 14.0 Å². The zero-order chi connectivity index (χ0) is 18.9. The Bertz CT molecular complexity index is 1570. The lowest BCUT2D eigenvalue weighted by Gasteiger charge is -2.37. The van der Waals surface area contributed by atoms with Gasteiger partial charge in [0.15, 0.2) is 0 Å². The lowest BCUT2D eigenvalue weighted by molar-refractivity contribution is 0.464. The van der Waals surface area contributed by atoms with Gasteiger partial charge in [0.1, 0.15) is 23.0 Å². The van der Waals surface area contributed by atoms with Gasteiger partial charge in [-0.25, -0.2) is 0 Å². The first-order valence-corrected chi connectivity index (χ1v) is 10.00. The molecule has 0 fully saturated rings. The molecule has 0 bridgehead atoms. The summed E-state index contributed by atoms with van der Waals surface area (Å²) in [5, 5.41) is 2.58. The van der Waals surface area contributed by atoms with Crippen LogP contribution in [0.3, 0.4) is 0 Å². The van der Waals surface area contributed by atoms with Crippen molar-refractivity contribution in [3.63, 3.8) is 0 Å². The molecule has 0 radical (unpaired) electrons. The van der Waals surface area contributed by atoms with Crippen molar-refractivity contribution in [1.82, 2.24) is 4.57 Å². The molecule has 0 unspecified atom stereocenters. The molecule has 4 aromatic carbocycles. The Labute approximate surface area is 167 Å². The van der Waals surface area contributed by atoms with Gasteiger partial charge >= 0.3 is 0 Å². The third-order valence-electron chi connectivity index (χ3n) is 6.77. The van der Waals surface area contributed by atoms with Crippen LogP contribution in [0.25, 0.3) is 27.5 Å². The maximum Gasteiger partial charge on any atom is 0.266 e. The third-order valence-corrected chi connectivity index (χ3v) is 6.77. The Morgan fingerprint density at radius 2 is 1.28 bits per heavy atom. The van der Waals surface area contributed by atoms with Crippen LogP contribution in [0, 0.1) is 6.92 Å². The molecule has 0 N–H and O–H groups in total. The molecule has 4 heterocycles. The summed E-state index contributed by atoms with van der Waals surface area (Å²) in [4.78, 5) is 0. The van der Waals surface area contributed by atoms with E-state index in [2.05, 4.69) is 72.2 Å². The molecule has 29 heavy (non-hydrogen) atoms. The van der Waals surface area contributed by atoms with Gasteiger partial charge in [0, 0.05) is 21.9 Å². The van der Waals surface area contributed by atoms with Crippen molar-refractivity contribution in [2.75, 3.05) is 0 Å². The average Bonchev–Trinajstić information content (AvgIpc) is 3.09. The van der Waals surface area contributed by atoms with Crippen LogP contribution in [0.4, 0.5) is 0 Å². The van der Waals surface area contributed by atoms with E-state index in [4.69, 9.17) is 9.47 Å². The summed E-state index contributed by atoms with van der Waals surface area (Å²) in [5.74, 6) is 3.71. The van der Waals surface area contributed by atoms with Gasteiger partial charge in [-0.3, -0.25) is 0 Å². The molecule has 0 saturated heterocycles. The van der Waals surface area contributed by atoms with E-state index in [-0.39, 0.29) is 6.71 Å². The highest BCUT2D eigenvalue weighted by Gasteiger charge is 2.46. The van der Waals surface area contributed by atoms with Crippen LogP contribution in [0.2, 0.25) is 0 Å². The van der Waals surface area contributed by atoms with Gasteiger partial charge in [0.25, 0.3) is 6.71 Å². The van der Waals surface area contributed by atoms with Crippen molar-refractivity contribution in [2.45, 2.75) is 6.92 Å². The largest absolute Gasteiger partial charge is 0.458 e. The molecule has 8 rings (SSSR count). The van der Waals surface area contributed by atoms with Crippen LogP contribution in [0.1, 0.15) is 5.56 Å². The number of aryl methyl sites for hydroxylation is 1. The predicted octanol–water partition coefficient (Wildman–Crippen LogP) is 4.13. The van der Waals surface area contributed by atoms with Gasteiger partial charge in [0.05, 0.1) is 11.0 Å². The molecule has 3 aliphatic heterocycles. The highest BCUT2D eigenvalue weighted by atomic mass is 16.5. The Balaban J connectivity index is 1.70. The number of hydrogen-bond donors (Lipinski definition) is 0. The van der Waals surface area contributed by atoms with Gasteiger partial charge in [-0.2, -0.15) is 0 Å². The molecule has 3 aliphatic rings. The summed E-state index contributed by atoms with van der Waals surface area (Å²) in [6.07, 6.45) is 0. The van der Waals surface area contributed by atoms with E-state index >= 15 is 0 Å². The molecule has 4 heteroatoms. The maximum atomic E-state index is 6.40. The van der Waals surface area contributed by atoms with Gasteiger partial charge in [-0.1, -0.05) is 30.3 Å². The number of para-hydroxylation sites is 1. The van der Waals surface area contributed by atoms with E-state index < -0.39 is 0 Å². The van der Waals surface area contributed by atoms with Crippen LogP contribution < -0.4 is 25.9 Å². The Morgan fingerprint density at radius 1 is 0.621 bits per heavy atom. The maximum absolute atomic E-state index is 6.40. The smallest absolute Gasteiger partial charge is 0.266 e.